The van der Waals surface area contributed by atoms with Gasteiger partial charge in [0.05, 0.1) is 0 Å². The molecule has 5 N–H and O–H groups in total. The number of aryl methyl sites for hydroxylation is 1. The van der Waals surface area contributed by atoms with Crippen molar-refractivity contribution < 1.29 is 29.0 Å². The van der Waals surface area contributed by atoms with E-state index in [1.54, 1.807) is 39.8 Å². The zero-order valence-electron chi connectivity index (χ0n) is 22.8. The van der Waals surface area contributed by atoms with Crippen molar-refractivity contribution in [3.8, 4) is 5.75 Å². The van der Waals surface area contributed by atoms with Crippen molar-refractivity contribution in [2.24, 2.45) is 5.73 Å². The Kier molecular flexibility index (Phi) is 12.1. The molecule has 0 saturated carbocycles. The van der Waals surface area contributed by atoms with Crippen LogP contribution in [0.1, 0.15) is 77.5 Å². The van der Waals surface area contributed by atoms with E-state index in [-0.39, 0.29) is 31.2 Å². The molecule has 3 atom stereocenters. The van der Waals surface area contributed by atoms with Gasteiger partial charge in [0.15, 0.2) is 0 Å². The van der Waals surface area contributed by atoms with Crippen LogP contribution < -0.4 is 16.4 Å². The number of hydrogen-bond acceptors (Lipinski definition) is 6. The number of phenolic OH excluding ortho intramolecular Hbond substituents is 1. The Labute approximate surface area is 219 Å². The molecular weight excluding hydrogens is 476 g/mol. The monoisotopic (exact) mass is 518 g/mol. The van der Waals surface area contributed by atoms with Crippen LogP contribution in [-0.2, 0) is 19.1 Å². The number of carbonyl (C=O) groups excluding carboxylic acids is 4. The lowest BCUT2D eigenvalue weighted by Gasteiger charge is -2.34. The molecule has 3 unspecified atom stereocenters. The van der Waals surface area contributed by atoms with E-state index in [2.05, 4.69) is 17.2 Å². The number of nitrogens with one attached hydrogen (secondary N) is 2. The third-order valence-electron chi connectivity index (χ3n) is 5.48. The van der Waals surface area contributed by atoms with Crippen molar-refractivity contribution >= 4 is 23.8 Å². The minimum absolute atomic E-state index is 0.0257. The summed E-state index contributed by atoms with van der Waals surface area (Å²) in [5.41, 5.74) is 5.49. The summed E-state index contributed by atoms with van der Waals surface area (Å²) >= 11 is 0. The van der Waals surface area contributed by atoms with E-state index >= 15 is 0 Å². The van der Waals surface area contributed by atoms with E-state index < -0.39 is 41.5 Å². The number of carbonyl (C=O) groups is 4. The molecule has 0 bridgehead atoms. The van der Waals surface area contributed by atoms with Crippen LogP contribution in [0.2, 0.25) is 0 Å². The molecule has 1 aromatic carbocycles. The zero-order valence-corrected chi connectivity index (χ0v) is 22.8. The number of phenols is 1. The zero-order chi connectivity index (χ0) is 28.3. The number of benzene rings is 1. The predicted octanol–water partition coefficient (Wildman–Crippen LogP) is 3.22. The molecular formula is C27H42N4O6. The first-order chi connectivity index (χ1) is 17.2. The van der Waals surface area contributed by atoms with Crippen molar-refractivity contribution in [2.75, 3.05) is 6.54 Å². The van der Waals surface area contributed by atoms with Gasteiger partial charge < -0.3 is 31.1 Å². The SMILES string of the molecule is C=CCN(C(=O)C(CCC(N)=O)NC(=O)OC(C)(C)C)C(C(=O)NC(C)CCC)c1ccc(O)c(C)c1. The van der Waals surface area contributed by atoms with Crippen LogP contribution in [0.4, 0.5) is 4.79 Å². The van der Waals surface area contributed by atoms with Crippen LogP contribution >= 0.6 is 0 Å². The Bertz CT molecular complexity index is 972. The molecule has 10 nitrogen and oxygen atoms in total. The van der Waals surface area contributed by atoms with Crippen LogP contribution in [0.3, 0.4) is 0 Å². The lowest BCUT2D eigenvalue weighted by Crippen LogP contribution is -2.53. The van der Waals surface area contributed by atoms with E-state index in [1.807, 2.05) is 13.8 Å². The standard InChI is InChI=1S/C27H42N4O6/c1-8-10-18(4)29-24(34)23(19-11-13-21(32)17(3)16-19)31(15-9-2)25(35)20(12-14-22(28)33)30-26(36)37-27(5,6)7/h9,11,13,16,18,20,23,32H,2,8,10,12,14-15H2,1,3-7H3,(H2,28,33)(H,29,34)(H,30,36). The van der Waals surface area contributed by atoms with E-state index in [4.69, 9.17) is 10.5 Å². The quantitative estimate of drug-likeness (QED) is 0.294. The van der Waals surface area contributed by atoms with Gasteiger partial charge in [-0.05, 0) is 70.7 Å². The van der Waals surface area contributed by atoms with Gasteiger partial charge >= 0.3 is 6.09 Å². The Morgan fingerprint density at radius 1 is 1.19 bits per heavy atom. The molecule has 4 amide bonds. The molecule has 0 aliphatic carbocycles. The number of amides is 4. The molecule has 0 aliphatic heterocycles. The predicted molar refractivity (Wildman–Crippen MR) is 142 cm³/mol. The number of primary amides is 1. The lowest BCUT2D eigenvalue weighted by atomic mass is 9.99. The Morgan fingerprint density at radius 2 is 1.84 bits per heavy atom. The summed E-state index contributed by atoms with van der Waals surface area (Å²) < 4.78 is 5.30. The number of aromatic hydroxyl groups is 1. The highest BCUT2D eigenvalue weighted by atomic mass is 16.6. The molecule has 10 heteroatoms. The van der Waals surface area contributed by atoms with E-state index in [0.29, 0.717) is 11.1 Å². The Balaban J connectivity index is 3.50. The van der Waals surface area contributed by atoms with Crippen molar-refractivity contribution in [3.63, 3.8) is 0 Å². The third kappa shape index (κ3) is 10.5. The van der Waals surface area contributed by atoms with Crippen LogP contribution in [-0.4, -0.2) is 58.1 Å². The summed E-state index contributed by atoms with van der Waals surface area (Å²) in [7, 11) is 0. The lowest BCUT2D eigenvalue weighted by molar-refractivity contribution is -0.142. The Morgan fingerprint density at radius 3 is 2.35 bits per heavy atom. The molecule has 0 radical (unpaired) electrons. The highest BCUT2D eigenvalue weighted by molar-refractivity contribution is 5.92. The largest absolute Gasteiger partial charge is 0.508 e. The van der Waals surface area contributed by atoms with E-state index in [0.717, 1.165) is 12.8 Å². The van der Waals surface area contributed by atoms with Crippen molar-refractivity contribution in [3.05, 3.63) is 42.0 Å². The molecule has 37 heavy (non-hydrogen) atoms. The fourth-order valence-corrected chi connectivity index (χ4v) is 3.80. The van der Waals surface area contributed by atoms with Crippen LogP contribution in [0.5, 0.6) is 5.75 Å². The van der Waals surface area contributed by atoms with Gasteiger partial charge in [-0.2, -0.15) is 0 Å². The van der Waals surface area contributed by atoms with Gasteiger partial charge in [-0.25, -0.2) is 4.79 Å². The molecule has 0 fully saturated rings. The molecule has 0 saturated heterocycles. The molecule has 1 aromatic rings. The van der Waals surface area contributed by atoms with Gasteiger partial charge in [-0.3, -0.25) is 14.4 Å². The van der Waals surface area contributed by atoms with Gasteiger partial charge in [0, 0.05) is 19.0 Å². The fraction of sp³-hybridized carbons (Fsp3) is 0.556. The second-order valence-electron chi connectivity index (χ2n) is 10.1. The first kappa shape index (κ1) is 31.5. The smallest absolute Gasteiger partial charge is 0.408 e. The maximum Gasteiger partial charge on any atom is 0.408 e. The van der Waals surface area contributed by atoms with E-state index in [9.17, 15) is 24.3 Å². The number of alkyl carbamates (subject to hydrolysis) is 1. The van der Waals surface area contributed by atoms with E-state index in [1.165, 1.54) is 17.0 Å². The Hall–Kier alpha value is -3.56. The maximum atomic E-state index is 13.9. The molecule has 0 aliphatic rings. The van der Waals surface area contributed by atoms with Gasteiger partial charge in [-0.15, -0.1) is 6.58 Å². The highest BCUT2D eigenvalue weighted by Crippen LogP contribution is 2.27. The summed E-state index contributed by atoms with van der Waals surface area (Å²) in [5, 5.41) is 15.5. The number of nitrogens with zero attached hydrogens (tertiary/aromatic N) is 1. The third-order valence-corrected chi connectivity index (χ3v) is 5.48. The summed E-state index contributed by atoms with van der Waals surface area (Å²) in [6.07, 6.45) is 1.97. The average Bonchev–Trinajstić information content (AvgIpc) is 2.76. The van der Waals surface area contributed by atoms with Crippen molar-refractivity contribution in [1.82, 2.24) is 15.5 Å². The first-order valence-corrected chi connectivity index (χ1v) is 12.5. The normalized spacial score (nSPS) is 13.6. The minimum atomic E-state index is -1.19. The molecule has 1 rings (SSSR count). The summed E-state index contributed by atoms with van der Waals surface area (Å²) in [4.78, 5) is 52.7. The number of rotatable bonds is 13. The van der Waals surface area contributed by atoms with Crippen LogP contribution in [0.15, 0.2) is 30.9 Å². The summed E-state index contributed by atoms with van der Waals surface area (Å²) in [6, 6.07) is 2.22. The average molecular weight is 519 g/mol. The van der Waals surface area contributed by atoms with Gasteiger partial charge in [-0.1, -0.05) is 25.5 Å². The fourth-order valence-electron chi connectivity index (χ4n) is 3.80. The highest BCUT2D eigenvalue weighted by Gasteiger charge is 2.36. The first-order valence-electron chi connectivity index (χ1n) is 12.5. The van der Waals surface area contributed by atoms with Crippen LogP contribution in [0, 0.1) is 6.92 Å². The molecule has 206 valence electrons. The van der Waals surface area contributed by atoms with Crippen molar-refractivity contribution in [2.45, 2.75) is 91.0 Å². The second-order valence-corrected chi connectivity index (χ2v) is 10.1. The molecule has 0 aromatic heterocycles. The summed E-state index contributed by atoms with van der Waals surface area (Å²) in [6.45, 7) is 14.3. The van der Waals surface area contributed by atoms with Gasteiger partial charge in [0.25, 0.3) is 0 Å². The second kappa shape index (κ2) is 14.2. The number of nitrogens with two attached hydrogens (primary N) is 1. The maximum absolute atomic E-state index is 13.9. The topological polar surface area (TPSA) is 151 Å². The van der Waals surface area contributed by atoms with Crippen LogP contribution in [0.25, 0.3) is 0 Å². The number of hydrogen-bond donors (Lipinski definition) is 4. The molecule has 0 heterocycles. The van der Waals surface area contributed by atoms with Gasteiger partial charge in [0.1, 0.15) is 23.4 Å². The van der Waals surface area contributed by atoms with Crippen molar-refractivity contribution in [1.29, 1.82) is 0 Å². The molecule has 0 spiro atoms. The number of ether oxygens (including phenoxy) is 1. The summed E-state index contributed by atoms with van der Waals surface area (Å²) in [5.74, 6) is -1.63. The minimum Gasteiger partial charge on any atom is -0.508 e. The van der Waals surface area contributed by atoms with Gasteiger partial charge in [0.2, 0.25) is 17.7 Å².